The number of rotatable bonds is 6. The Bertz CT molecular complexity index is 573. The van der Waals surface area contributed by atoms with Gasteiger partial charge in [-0.05, 0) is 24.0 Å². The SMILES string of the molecule is C.CC[C@@H](/C=C/C(=O)N1Cc2ccccc2C1)NC(=O)[C@@H](N)CC. The minimum atomic E-state index is -0.499. The van der Waals surface area contributed by atoms with Gasteiger partial charge in [-0.15, -0.1) is 0 Å². The number of amides is 2. The summed E-state index contributed by atoms with van der Waals surface area (Å²) in [5.74, 6) is -0.210. The van der Waals surface area contributed by atoms with Gasteiger partial charge in [0.05, 0.1) is 6.04 Å². The van der Waals surface area contributed by atoms with Gasteiger partial charge in [0.1, 0.15) is 0 Å². The van der Waals surface area contributed by atoms with Gasteiger partial charge in [0.25, 0.3) is 0 Å². The molecule has 1 aliphatic heterocycles. The molecule has 0 aliphatic carbocycles. The third-order valence-corrected chi connectivity index (χ3v) is 4.17. The maximum Gasteiger partial charge on any atom is 0.246 e. The van der Waals surface area contributed by atoms with E-state index >= 15 is 0 Å². The van der Waals surface area contributed by atoms with Gasteiger partial charge in [-0.3, -0.25) is 9.59 Å². The van der Waals surface area contributed by atoms with Crippen LogP contribution in [0.5, 0.6) is 0 Å². The predicted molar refractivity (Wildman–Crippen MR) is 97.1 cm³/mol. The fourth-order valence-corrected chi connectivity index (χ4v) is 2.55. The first-order chi connectivity index (χ1) is 11.0. The van der Waals surface area contributed by atoms with Crippen molar-refractivity contribution < 1.29 is 9.59 Å². The molecular weight excluding hydrogens is 302 g/mol. The summed E-state index contributed by atoms with van der Waals surface area (Å²) >= 11 is 0. The summed E-state index contributed by atoms with van der Waals surface area (Å²) in [5, 5.41) is 2.86. The molecule has 5 heteroatoms. The van der Waals surface area contributed by atoms with Gasteiger partial charge < -0.3 is 16.0 Å². The summed E-state index contributed by atoms with van der Waals surface area (Å²) in [6, 6.07) is 7.40. The van der Waals surface area contributed by atoms with E-state index in [2.05, 4.69) is 5.32 Å². The zero-order valence-electron chi connectivity index (χ0n) is 13.8. The molecule has 24 heavy (non-hydrogen) atoms. The lowest BCUT2D eigenvalue weighted by Crippen LogP contribution is -2.44. The van der Waals surface area contributed by atoms with E-state index in [-0.39, 0.29) is 25.3 Å². The third kappa shape index (κ3) is 4.93. The number of hydrogen-bond acceptors (Lipinski definition) is 3. The first-order valence-electron chi connectivity index (χ1n) is 8.15. The van der Waals surface area contributed by atoms with Gasteiger partial charge >= 0.3 is 0 Å². The van der Waals surface area contributed by atoms with E-state index in [1.807, 2.05) is 38.1 Å². The number of carbonyl (C=O) groups is 2. The van der Waals surface area contributed by atoms with E-state index in [9.17, 15) is 9.59 Å². The highest BCUT2D eigenvalue weighted by Gasteiger charge is 2.21. The van der Waals surface area contributed by atoms with Gasteiger partial charge in [0.2, 0.25) is 11.8 Å². The van der Waals surface area contributed by atoms with Crippen LogP contribution in [0.15, 0.2) is 36.4 Å². The lowest BCUT2D eigenvalue weighted by Gasteiger charge is -2.17. The third-order valence-electron chi connectivity index (χ3n) is 4.17. The average molecular weight is 331 g/mol. The molecular formula is C19H29N3O2. The van der Waals surface area contributed by atoms with E-state index < -0.39 is 6.04 Å². The quantitative estimate of drug-likeness (QED) is 0.786. The molecule has 0 saturated heterocycles. The van der Waals surface area contributed by atoms with Crippen molar-refractivity contribution in [3.8, 4) is 0 Å². The van der Waals surface area contributed by atoms with Crippen LogP contribution in [-0.4, -0.2) is 28.8 Å². The molecule has 0 radical (unpaired) electrons. The number of nitrogens with one attached hydrogen (secondary N) is 1. The lowest BCUT2D eigenvalue weighted by atomic mass is 10.1. The van der Waals surface area contributed by atoms with Crippen LogP contribution < -0.4 is 11.1 Å². The number of carbonyl (C=O) groups excluding carboxylic acids is 2. The summed E-state index contributed by atoms with van der Waals surface area (Å²) in [6.45, 7) is 5.12. The maximum atomic E-state index is 12.3. The van der Waals surface area contributed by atoms with Crippen molar-refractivity contribution in [2.45, 2.75) is 59.3 Å². The molecule has 1 aromatic rings. The first kappa shape index (κ1) is 19.9. The normalized spacial score (nSPS) is 15.5. The van der Waals surface area contributed by atoms with Crippen molar-refractivity contribution in [1.29, 1.82) is 0 Å². The number of nitrogens with zero attached hydrogens (tertiary/aromatic N) is 1. The lowest BCUT2D eigenvalue weighted by molar-refractivity contribution is -0.126. The fourth-order valence-electron chi connectivity index (χ4n) is 2.55. The molecule has 132 valence electrons. The second kappa shape index (κ2) is 9.23. The van der Waals surface area contributed by atoms with E-state index in [1.165, 1.54) is 11.1 Å². The van der Waals surface area contributed by atoms with E-state index in [4.69, 9.17) is 5.73 Å². The Hall–Kier alpha value is -2.14. The van der Waals surface area contributed by atoms with Gasteiger partial charge in [0.15, 0.2) is 0 Å². The summed E-state index contributed by atoms with van der Waals surface area (Å²) < 4.78 is 0. The Labute approximate surface area is 144 Å². The predicted octanol–water partition coefficient (Wildman–Crippen LogP) is 2.35. The zero-order valence-corrected chi connectivity index (χ0v) is 13.8. The van der Waals surface area contributed by atoms with Crippen molar-refractivity contribution in [3.05, 3.63) is 47.5 Å². The molecule has 1 aromatic carbocycles. The molecule has 0 saturated carbocycles. The van der Waals surface area contributed by atoms with Crippen LogP contribution in [-0.2, 0) is 22.7 Å². The average Bonchev–Trinajstić information content (AvgIpc) is 3.01. The smallest absolute Gasteiger partial charge is 0.246 e. The van der Waals surface area contributed by atoms with Crippen LogP contribution in [0.3, 0.4) is 0 Å². The van der Waals surface area contributed by atoms with Gasteiger partial charge in [-0.25, -0.2) is 0 Å². The highest BCUT2D eigenvalue weighted by atomic mass is 16.2. The van der Waals surface area contributed by atoms with Crippen molar-refractivity contribution in [3.63, 3.8) is 0 Å². The van der Waals surface area contributed by atoms with Crippen LogP contribution in [0.25, 0.3) is 0 Å². The van der Waals surface area contributed by atoms with Crippen molar-refractivity contribution in [1.82, 2.24) is 10.2 Å². The van der Waals surface area contributed by atoms with Gasteiger partial charge in [-0.2, -0.15) is 0 Å². The Balaban J connectivity index is 0.00000288. The standard InChI is InChI=1S/C18H25N3O2.CH4/c1-3-15(20-18(23)16(19)4-2)9-10-17(22)21-11-13-7-5-6-8-14(13)12-21;/h5-10,15-16H,3-4,11-12,19H2,1-2H3,(H,20,23);1H4/b10-9+;/t15-,16-;/m0./s1. The molecule has 1 aliphatic rings. The van der Waals surface area contributed by atoms with E-state index in [1.54, 1.807) is 17.1 Å². The first-order valence-corrected chi connectivity index (χ1v) is 8.15. The number of fused-ring (bicyclic) bond motifs is 1. The second-order valence-corrected chi connectivity index (χ2v) is 5.86. The van der Waals surface area contributed by atoms with Crippen LogP contribution in [0.1, 0.15) is 45.2 Å². The second-order valence-electron chi connectivity index (χ2n) is 5.86. The van der Waals surface area contributed by atoms with E-state index in [0.717, 1.165) is 0 Å². The molecule has 2 amide bonds. The van der Waals surface area contributed by atoms with E-state index in [0.29, 0.717) is 25.9 Å². The summed E-state index contributed by atoms with van der Waals surface area (Å²) in [4.78, 5) is 25.9. The summed E-state index contributed by atoms with van der Waals surface area (Å²) in [6.07, 6.45) is 4.62. The molecule has 0 aromatic heterocycles. The van der Waals surface area contributed by atoms with Crippen molar-refractivity contribution in [2.75, 3.05) is 0 Å². The molecule has 5 nitrogen and oxygen atoms in total. The number of nitrogens with two attached hydrogens (primary N) is 1. The molecule has 0 fully saturated rings. The van der Waals surface area contributed by atoms with Crippen LogP contribution in [0, 0.1) is 0 Å². The Kier molecular flexibility index (Phi) is 7.65. The minimum Gasteiger partial charge on any atom is -0.349 e. The van der Waals surface area contributed by atoms with Gasteiger partial charge in [0, 0.05) is 25.2 Å². The Morgan fingerprint density at radius 1 is 1.21 bits per heavy atom. The monoisotopic (exact) mass is 331 g/mol. The number of benzene rings is 1. The molecule has 2 atom stereocenters. The van der Waals surface area contributed by atoms with Crippen LogP contribution in [0.4, 0.5) is 0 Å². The number of hydrogen-bond donors (Lipinski definition) is 2. The molecule has 1 heterocycles. The molecule has 2 rings (SSSR count). The summed E-state index contributed by atoms with van der Waals surface area (Å²) in [5.41, 5.74) is 8.11. The fraction of sp³-hybridized carbons (Fsp3) is 0.474. The van der Waals surface area contributed by atoms with Crippen molar-refractivity contribution >= 4 is 11.8 Å². The van der Waals surface area contributed by atoms with Crippen LogP contribution >= 0.6 is 0 Å². The Morgan fingerprint density at radius 2 is 1.79 bits per heavy atom. The molecule has 0 spiro atoms. The minimum absolute atomic E-state index is 0. The summed E-state index contributed by atoms with van der Waals surface area (Å²) in [7, 11) is 0. The van der Waals surface area contributed by atoms with Gasteiger partial charge in [-0.1, -0.05) is 51.6 Å². The largest absolute Gasteiger partial charge is 0.349 e. The molecule has 3 N–H and O–H groups in total. The molecule has 0 bridgehead atoms. The van der Waals surface area contributed by atoms with Crippen LogP contribution in [0.2, 0.25) is 0 Å². The highest BCUT2D eigenvalue weighted by molar-refractivity contribution is 5.88. The molecule has 0 unspecified atom stereocenters. The zero-order chi connectivity index (χ0) is 16.8. The maximum absolute atomic E-state index is 12.3. The topological polar surface area (TPSA) is 75.4 Å². The van der Waals surface area contributed by atoms with Crippen molar-refractivity contribution in [2.24, 2.45) is 5.73 Å². The Morgan fingerprint density at radius 3 is 2.29 bits per heavy atom. The highest BCUT2D eigenvalue weighted by Crippen LogP contribution is 2.22.